The molecule has 0 radical (unpaired) electrons. The van der Waals surface area contributed by atoms with Crippen LogP contribution in [-0.4, -0.2) is 14.2 Å². The Labute approximate surface area is 124 Å². The summed E-state index contributed by atoms with van der Waals surface area (Å²) >= 11 is 0. The van der Waals surface area contributed by atoms with Gasteiger partial charge in [0.2, 0.25) is 0 Å². The third-order valence-electron chi connectivity index (χ3n) is 3.84. The summed E-state index contributed by atoms with van der Waals surface area (Å²) < 4.78 is 16.8. The molecule has 2 unspecified atom stereocenters. The monoisotopic (exact) mass is 285 g/mol. The van der Waals surface area contributed by atoms with E-state index in [1.165, 1.54) is 0 Å². The van der Waals surface area contributed by atoms with Gasteiger partial charge in [-0.25, -0.2) is 0 Å². The topological polar surface area (TPSA) is 53.7 Å². The fourth-order valence-corrected chi connectivity index (χ4v) is 2.73. The molecular formula is C17H19NO3. The van der Waals surface area contributed by atoms with E-state index in [2.05, 4.69) is 0 Å². The lowest BCUT2D eigenvalue weighted by Crippen LogP contribution is -2.24. The van der Waals surface area contributed by atoms with Gasteiger partial charge < -0.3 is 19.9 Å². The summed E-state index contributed by atoms with van der Waals surface area (Å²) in [6.07, 6.45) is 0.607. The van der Waals surface area contributed by atoms with Gasteiger partial charge in [-0.1, -0.05) is 24.3 Å². The molecule has 1 aliphatic rings. The summed E-state index contributed by atoms with van der Waals surface area (Å²) in [5.41, 5.74) is 8.33. The van der Waals surface area contributed by atoms with Crippen molar-refractivity contribution in [3.63, 3.8) is 0 Å². The van der Waals surface area contributed by atoms with E-state index in [0.29, 0.717) is 0 Å². The lowest BCUT2D eigenvalue weighted by molar-refractivity contribution is 0.157. The van der Waals surface area contributed by atoms with Gasteiger partial charge >= 0.3 is 0 Å². The number of para-hydroxylation sites is 1. The van der Waals surface area contributed by atoms with Gasteiger partial charge in [-0.2, -0.15) is 0 Å². The number of hydrogen-bond acceptors (Lipinski definition) is 4. The molecule has 2 aromatic rings. The second kappa shape index (κ2) is 5.66. The van der Waals surface area contributed by atoms with Crippen LogP contribution in [0.2, 0.25) is 0 Å². The van der Waals surface area contributed by atoms with Crippen LogP contribution in [0.25, 0.3) is 0 Å². The summed E-state index contributed by atoms with van der Waals surface area (Å²) in [4.78, 5) is 0. The standard InChI is InChI=1S/C17H19NO3/c1-19-11-7-8-12-14(18)10-17(21-16(12)9-11)13-5-3-4-6-15(13)20-2/h3-9,14,17H,10,18H2,1-2H3. The Hall–Kier alpha value is -2.20. The molecule has 0 aromatic heterocycles. The lowest BCUT2D eigenvalue weighted by atomic mass is 9.93. The van der Waals surface area contributed by atoms with Crippen molar-refractivity contribution in [3.8, 4) is 17.2 Å². The summed E-state index contributed by atoms with van der Waals surface area (Å²) in [5, 5.41) is 0. The molecule has 2 atom stereocenters. The SMILES string of the molecule is COc1ccc2c(c1)OC(c1ccccc1OC)CC2N. The molecule has 4 heteroatoms. The van der Waals surface area contributed by atoms with Crippen LogP contribution in [0.3, 0.4) is 0 Å². The zero-order valence-electron chi connectivity index (χ0n) is 12.2. The molecule has 1 aliphatic heterocycles. The van der Waals surface area contributed by atoms with E-state index < -0.39 is 0 Å². The predicted octanol–water partition coefficient (Wildman–Crippen LogP) is 3.23. The zero-order chi connectivity index (χ0) is 14.8. The quantitative estimate of drug-likeness (QED) is 0.940. The first-order chi connectivity index (χ1) is 10.2. The first-order valence-electron chi connectivity index (χ1n) is 6.96. The third-order valence-corrected chi connectivity index (χ3v) is 3.84. The fourth-order valence-electron chi connectivity index (χ4n) is 2.73. The molecule has 0 fully saturated rings. The van der Waals surface area contributed by atoms with E-state index in [0.717, 1.165) is 34.8 Å². The average molecular weight is 285 g/mol. The summed E-state index contributed by atoms with van der Waals surface area (Å²) in [7, 11) is 3.31. The maximum Gasteiger partial charge on any atom is 0.129 e. The highest BCUT2D eigenvalue weighted by Gasteiger charge is 2.29. The van der Waals surface area contributed by atoms with Crippen molar-refractivity contribution in [2.45, 2.75) is 18.6 Å². The Balaban J connectivity index is 1.97. The molecule has 2 N–H and O–H groups in total. The Morgan fingerprint density at radius 2 is 1.86 bits per heavy atom. The highest BCUT2D eigenvalue weighted by molar-refractivity contribution is 5.46. The van der Waals surface area contributed by atoms with Crippen molar-refractivity contribution in [1.29, 1.82) is 0 Å². The van der Waals surface area contributed by atoms with Gasteiger partial charge in [-0.05, 0) is 12.1 Å². The van der Waals surface area contributed by atoms with Crippen molar-refractivity contribution in [2.75, 3.05) is 14.2 Å². The van der Waals surface area contributed by atoms with Crippen LogP contribution >= 0.6 is 0 Å². The van der Waals surface area contributed by atoms with E-state index in [4.69, 9.17) is 19.9 Å². The molecular weight excluding hydrogens is 266 g/mol. The summed E-state index contributed by atoms with van der Waals surface area (Å²) in [6, 6.07) is 13.6. The minimum Gasteiger partial charge on any atom is -0.497 e. The highest BCUT2D eigenvalue weighted by atomic mass is 16.5. The Kier molecular flexibility index (Phi) is 3.71. The minimum atomic E-state index is -0.115. The largest absolute Gasteiger partial charge is 0.497 e. The van der Waals surface area contributed by atoms with Crippen molar-refractivity contribution in [3.05, 3.63) is 53.6 Å². The maximum atomic E-state index is 6.30. The van der Waals surface area contributed by atoms with Crippen molar-refractivity contribution in [2.24, 2.45) is 5.73 Å². The molecule has 3 rings (SSSR count). The number of fused-ring (bicyclic) bond motifs is 1. The first-order valence-corrected chi connectivity index (χ1v) is 6.96. The van der Waals surface area contributed by atoms with Gasteiger partial charge in [0.25, 0.3) is 0 Å². The Morgan fingerprint density at radius 3 is 2.62 bits per heavy atom. The number of ether oxygens (including phenoxy) is 3. The van der Waals surface area contributed by atoms with Crippen LogP contribution < -0.4 is 19.9 Å². The number of nitrogens with two attached hydrogens (primary N) is 1. The molecule has 2 aromatic carbocycles. The highest BCUT2D eigenvalue weighted by Crippen LogP contribution is 2.43. The van der Waals surface area contributed by atoms with Crippen LogP contribution in [0.1, 0.15) is 29.7 Å². The van der Waals surface area contributed by atoms with Gasteiger partial charge in [0, 0.05) is 29.7 Å². The van der Waals surface area contributed by atoms with Crippen molar-refractivity contribution in [1.82, 2.24) is 0 Å². The van der Waals surface area contributed by atoms with E-state index >= 15 is 0 Å². The van der Waals surface area contributed by atoms with Gasteiger partial charge in [-0.15, -0.1) is 0 Å². The second-order valence-corrected chi connectivity index (χ2v) is 5.09. The number of benzene rings is 2. The molecule has 0 bridgehead atoms. The second-order valence-electron chi connectivity index (χ2n) is 5.09. The average Bonchev–Trinajstić information content (AvgIpc) is 2.54. The first kappa shape index (κ1) is 13.8. The number of methoxy groups -OCH3 is 2. The van der Waals surface area contributed by atoms with E-state index in [1.807, 2.05) is 42.5 Å². The predicted molar refractivity (Wildman–Crippen MR) is 80.9 cm³/mol. The normalized spacial score (nSPS) is 20.3. The van der Waals surface area contributed by atoms with Crippen LogP contribution in [0.4, 0.5) is 0 Å². The number of hydrogen-bond donors (Lipinski definition) is 1. The van der Waals surface area contributed by atoms with Crippen molar-refractivity contribution >= 4 is 0 Å². The van der Waals surface area contributed by atoms with E-state index in [-0.39, 0.29) is 12.1 Å². The third kappa shape index (κ3) is 2.54. The lowest BCUT2D eigenvalue weighted by Gasteiger charge is -2.31. The minimum absolute atomic E-state index is 0.0606. The van der Waals surface area contributed by atoms with Crippen LogP contribution in [-0.2, 0) is 0 Å². The summed E-state index contributed by atoms with van der Waals surface area (Å²) in [5.74, 6) is 2.37. The zero-order valence-corrected chi connectivity index (χ0v) is 12.2. The molecule has 0 aliphatic carbocycles. The molecule has 1 heterocycles. The van der Waals surface area contributed by atoms with E-state index in [9.17, 15) is 0 Å². The number of rotatable bonds is 3. The molecule has 0 spiro atoms. The van der Waals surface area contributed by atoms with Gasteiger partial charge in [0.15, 0.2) is 0 Å². The van der Waals surface area contributed by atoms with Crippen molar-refractivity contribution < 1.29 is 14.2 Å². The molecule has 0 amide bonds. The molecule has 0 saturated carbocycles. The Morgan fingerprint density at radius 1 is 1.05 bits per heavy atom. The van der Waals surface area contributed by atoms with Crippen LogP contribution in [0.5, 0.6) is 17.2 Å². The van der Waals surface area contributed by atoms with Gasteiger partial charge in [-0.3, -0.25) is 0 Å². The molecule has 0 saturated heterocycles. The van der Waals surface area contributed by atoms with Crippen LogP contribution in [0, 0.1) is 0 Å². The maximum absolute atomic E-state index is 6.30. The molecule has 4 nitrogen and oxygen atoms in total. The van der Waals surface area contributed by atoms with Gasteiger partial charge in [0.1, 0.15) is 23.4 Å². The van der Waals surface area contributed by atoms with E-state index in [1.54, 1.807) is 14.2 Å². The fraction of sp³-hybridized carbons (Fsp3) is 0.294. The van der Waals surface area contributed by atoms with Gasteiger partial charge in [0.05, 0.1) is 14.2 Å². The Bertz CT molecular complexity index is 642. The molecule has 110 valence electrons. The molecule has 21 heavy (non-hydrogen) atoms. The van der Waals surface area contributed by atoms with Crippen LogP contribution in [0.15, 0.2) is 42.5 Å². The smallest absolute Gasteiger partial charge is 0.129 e. The summed E-state index contributed by atoms with van der Waals surface area (Å²) in [6.45, 7) is 0.